The monoisotopic (exact) mass is 489 g/mol. The topological polar surface area (TPSA) is 18.8 Å². The van der Waals surface area contributed by atoms with Crippen molar-refractivity contribution in [3.05, 3.63) is 128 Å². The van der Waals surface area contributed by atoms with Gasteiger partial charge in [0.25, 0.3) is 0 Å². The van der Waals surface area contributed by atoms with E-state index in [1.165, 1.54) is 50.2 Å². The van der Waals surface area contributed by atoms with Gasteiger partial charge in [-0.3, -0.25) is 4.90 Å². The molecule has 0 spiro atoms. The molecule has 0 saturated carbocycles. The van der Waals surface area contributed by atoms with E-state index in [-0.39, 0.29) is 6.04 Å². The Morgan fingerprint density at radius 3 is 2.08 bits per heavy atom. The van der Waals surface area contributed by atoms with Crippen LogP contribution >= 0.6 is 11.8 Å². The summed E-state index contributed by atoms with van der Waals surface area (Å²) in [6.45, 7) is 8.23. The number of nitrogens with zero attached hydrogens (tertiary/aromatic N) is 3. The molecule has 36 heavy (non-hydrogen) atoms. The fourth-order valence-electron chi connectivity index (χ4n) is 5.27. The van der Waals surface area contributed by atoms with Gasteiger partial charge in [-0.25, -0.2) is 4.99 Å². The summed E-state index contributed by atoms with van der Waals surface area (Å²) in [6.07, 6.45) is 2.32. The van der Waals surface area contributed by atoms with Crippen molar-refractivity contribution in [3.63, 3.8) is 0 Å². The smallest absolute Gasteiger partial charge is 0.174 e. The lowest BCUT2D eigenvalue weighted by molar-refractivity contribution is 0.344. The van der Waals surface area contributed by atoms with Crippen LogP contribution in [0.2, 0.25) is 0 Å². The number of aryl methyl sites for hydroxylation is 3. The Balaban J connectivity index is 1.50. The maximum atomic E-state index is 5.32. The van der Waals surface area contributed by atoms with E-state index in [1.54, 1.807) is 11.8 Å². The van der Waals surface area contributed by atoms with Crippen LogP contribution in [0.15, 0.2) is 100 Å². The molecular weight excluding hydrogens is 458 g/mol. The highest BCUT2D eigenvalue weighted by atomic mass is 32.2. The molecule has 3 nitrogen and oxygen atoms in total. The number of fused-ring (bicyclic) bond motifs is 1. The lowest BCUT2D eigenvalue weighted by Gasteiger charge is -2.42. The van der Waals surface area contributed by atoms with Crippen LogP contribution in [0.3, 0.4) is 0 Å². The zero-order valence-corrected chi connectivity index (χ0v) is 22.1. The van der Waals surface area contributed by atoms with Gasteiger partial charge in [0, 0.05) is 18.5 Å². The SMILES string of the molecule is Cc1ccc(C=C2CN(C)CC3=C2N=C2SC=C(c4ccc(C)cc4)N2C3c2ccc(C)cc2)cc1. The van der Waals surface area contributed by atoms with Crippen LogP contribution < -0.4 is 0 Å². The Morgan fingerprint density at radius 1 is 0.806 bits per heavy atom. The second kappa shape index (κ2) is 9.27. The first-order chi connectivity index (χ1) is 17.5. The van der Waals surface area contributed by atoms with Crippen LogP contribution in [0.5, 0.6) is 0 Å². The number of rotatable bonds is 3. The molecule has 6 rings (SSSR count). The van der Waals surface area contributed by atoms with Crippen LogP contribution in [0.4, 0.5) is 0 Å². The summed E-state index contributed by atoms with van der Waals surface area (Å²) in [6, 6.07) is 26.8. The van der Waals surface area contributed by atoms with Crippen molar-refractivity contribution in [1.82, 2.24) is 9.80 Å². The lowest BCUT2D eigenvalue weighted by atomic mass is 9.87. The Bertz CT molecular complexity index is 1420. The molecule has 1 atom stereocenters. The summed E-state index contributed by atoms with van der Waals surface area (Å²) in [4.78, 5) is 10.2. The predicted octanol–water partition coefficient (Wildman–Crippen LogP) is 7.35. The summed E-state index contributed by atoms with van der Waals surface area (Å²) in [5.74, 6) is 0. The molecule has 0 amide bonds. The average molecular weight is 490 g/mol. The highest BCUT2D eigenvalue weighted by Gasteiger charge is 2.41. The van der Waals surface area contributed by atoms with E-state index in [0.29, 0.717) is 0 Å². The van der Waals surface area contributed by atoms with Gasteiger partial charge < -0.3 is 4.90 Å². The van der Waals surface area contributed by atoms with Crippen molar-refractivity contribution >= 4 is 28.7 Å². The molecule has 0 radical (unpaired) electrons. The number of hydrogen-bond acceptors (Lipinski definition) is 4. The first-order valence-corrected chi connectivity index (χ1v) is 13.4. The van der Waals surface area contributed by atoms with Crippen molar-refractivity contribution in [1.29, 1.82) is 0 Å². The second-order valence-electron chi connectivity index (χ2n) is 10.2. The van der Waals surface area contributed by atoms with Crippen molar-refractivity contribution < 1.29 is 0 Å². The zero-order chi connectivity index (χ0) is 24.8. The molecule has 0 fully saturated rings. The second-order valence-corrected chi connectivity index (χ2v) is 11.0. The van der Waals surface area contributed by atoms with Crippen LogP contribution in [0.25, 0.3) is 11.8 Å². The minimum Gasteiger partial charge on any atom is -0.308 e. The molecule has 3 heterocycles. The summed E-state index contributed by atoms with van der Waals surface area (Å²) in [5, 5.41) is 3.34. The quantitative estimate of drug-likeness (QED) is 0.383. The van der Waals surface area contributed by atoms with Crippen molar-refractivity contribution in [2.75, 3.05) is 20.1 Å². The first kappa shape index (κ1) is 23.1. The van der Waals surface area contributed by atoms with E-state index in [2.05, 4.69) is 122 Å². The average Bonchev–Trinajstić information content (AvgIpc) is 3.29. The molecule has 0 saturated heterocycles. The van der Waals surface area contributed by atoms with Gasteiger partial charge in [-0.2, -0.15) is 0 Å². The Kier molecular flexibility index (Phi) is 5.94. The molecular formula is C32H31N3S. The fourth-order valence-corrected chi connectivity index (χ4v) is 6.20. The molecule has 3 aliphatic rings. The number of hydrogen-bond donors (Lipinski definition) is 0. The maximum Gasteiger partial charge on any atom is 0.174 e. The normalized spacial score (nSPS) is 20.8. The minimum absolute atomic E-state index is 0.111. The molecule has 1 unspecified atom stereocenters. The summed E-state index contributed by atoms with van der Waals surface area (Å²) >= 11 is 1.74. The van der Waals surface area contributed by atoms with Gasteiger partial charge in [0.05, 0.1) is 17.4 Å². The molecule has 0 aliphatic carbocycles. The van der Waals surface area contributed by atoms with Gasteiger partial charge in [-0.1, -0.05) is 101 Å². The number of likely N-dealkylation sites (N-methyl/N-ethyl adjacent to an activating group) is 1. The third-order valence-corrected chi connectivity index (χ3v) is 8.02. The molecule has 3 aromatic rings. The van der Waals surface area contributed by atoms with Crippen LogP contribution in [-0.4, -0.2) is 35.1 Å². The van der Waals surface area contributed by atoms with Gasteiger partial charge in [-0.15, -0.1) is 0 Å². The molecule has 3 aromatic carbocycles. The van der Waals surface area contributed by atoms with E-state index >= 15 is 0 Å². The standard InChI is InChI=1S/C32H31N3S/c1-21-5-11-24(12-6-21)17-27-18-34(4)19-28-30(27)33-32-35(31(28)26-15-9-23(3)10-16-26)29(20-36-32)25-13-7-22(2)8-14-25/h5-17,20,31H,18-19H2,1-4H3. The van der Waals surface area contributed by atoms with E-state index in [1.807, 2.05) is 0 Å². The largest absolute Gasteiger partial charge is 0.308 e. The maximum absolute atomic E-state index is 5.32. The third kappa shape index (κ3) is 4.25. The van der Waals surface area contributed by atoms with Crippen molar-refractivity contribution in [3.8, 4) is 0 Å². The number of benzene rings is 3. The van der Waals surface area contributed by atoms with Gasteiger partial charge in [0.1, 0.15) is 0 Å². The Hall–Kier alpha value is -3.34. The molecule has 3 aliphatic heterocycles. The molecule has 180 valence electrons. The summed E-state index contributed by atoms with van der Waals surface area (Å²) in [7, 11) is 2.22. The highest BCUT2D eigenvalue weighted by Crippen LogP contribution is 2.49. The minimum atomic E-state index is 0.111. The van der Waals surface area contributed by atoms with Crippen LogP contribution in [-0.2, 0) is 0 Å². The zero-order valence-electron chi connectivity index (χ0n) is 21.3. The van der Waals surface area contributed by atoms with Crippen LogP contribution in [0, 0.1) is 20.8 Å². The van der Waals surface area contributed by atoms with E-state index in [9.17, 15) is 0 Å². The Labute approximate surface area is 218 Å². The molecule has 0 bridgehead atoms. The first-order valence-electron chi connectivity index (χ1n) is 12.5. The van der Waals surface area contributed by atoms with Crippen molar-refractivity contribution in [2.24, 2.45) is 4.99 Å². The lowest BCUT2D eigenvalue weighted by Crippen LogP contribution is -2.40. The number of thioether (sulfide) groups is 1. The number of aliphatic imine (C=N–C) groups is 1. The third-order valence-electron chi connectivity index (χ3n) is 7.18. The number of amidine groups is 1. The Morgan fingerprint density at radius 2 is 1.42 bits per heavy atom. The predicted molar refractivity (Wildman–Crippen MR) is 154 cm³/mol. The van der Waals surface area contributed by atoms with Gasteiger partial charge >= 0.3 is 0 Å². The van der Waals surface area contributed by atoms with E-state index in [0.717, 1.165) is 24.0 Å². The van der Waals surface area contributed by atoms with Gasteiger partial charge in [-0.05, 0) is 61.7 Å². The highest BCUT2D eigenvalue weighted by molar-refractivity contribution is 8.16. The van der Waals surface area contributed by atoms with Crippen molar-refractivity contribution in [2.45, 2.75) is 26.8 Å². The summed E-state index contributed by atoms with van der Waals surface area (Å²) in [5.41, 5.74) is 12.7. The molecule has 0 aromatic heterocycles. The van der Waals surface area contributed by atoms with E-state index < -0.39 is 0 Å². The molecule has 4 heteroatoms. The summed E-state index contributed by atoms with van der Waals surface area (Å²) < 4.78 is 0. The van der Waals surface area contributed by atoms with E-state index in [4.69, 9.17) is 4.99 Å². The van der Waals surface area contributed by atoms with Gasteiger partial charge in [0.15, 0.2) is 5.17 Å². The van der Waals surface area contributed by atoms with Crippen LogP contribution in [0.1, 0.15) is 39.4 Å². The molecule has 0 N–H and O–H groups in total. The van der Waals surface area contributed by atoms with Gasteiger partial charge in [0.2, 0.25) is 0 Å². The fraction of sp³-hybridized carbons (Fsp3) is 0.219.